The second kappa shape index (κ2) is 3.44. The Kier molecular flexibility index (Phi) is 2.27. The molecule has 1 aliphatic rings. The Balaban J connectivity index is 2.49. The van der Waals surface area contributed by atoms with Crippen LogP contribution in [0.3, 0.4) is 0 Å². The molecule has 2 N–H and O–H groups in total. The van der Waals surface area contributed by atoms with Crippen molar-refractivity contribution >= 4 is 6.08 Å². The normalized spacial score (nSPS) is 24.7. The second-order valence-electron chi connectivity index (χ2n) is 3.28. The summed E-state index contributed by atoms with van der Waals surface area (Å²) in [4.78, 5) is 0. The molecule has 0 spiro atoms. The molecule has 0 fully saturated rings. The number of aliphatic hydroxyl groups is 1. The van der Waals surface area contributed by atoms with Gasteiger partial charge >= 0.3 is 0 Å². The molecule has 1 aromatic rings. The lowest BCUT2D eigenvalue weighted by Gasteiger charge is -2.24. The van der Waals surface area contributed by atoms with Gasteiger partial charge < -0.3 is 14.9 Å². The molecule has 14 heavy (non-hydrogen) atoms. The number of aromatic hydroxyl groups is 1. The van der Waals surface area contributed by atoms with E-state index in [1.807, 2.05) is 0 Å². The molecular formula is C11H12O3. The van der Waals surface area contributed by atoms with Crippen molar-refractivity contribution in [2.45, 2.75) is 12.2 Å². The number of methoxy groups -OCH3 is 1. The largest absolute Gasteiger partial charge is 0.507 e. The number of aliphatic hydroxyl groups excluding tert-OH is 1. The molecule has 0 radical (unpaired) electrons. The molecular weight excluding hydrogens is 180 g/mol. The Labute approximate surface area is 82.3 Å². The van der Waals surface area contributed by atoms with Gasteiger partial charge in [0.2, 0.25) is 0 Å². The first-order valence-corrected chi connectivity index (χ1v) is 4.45. The average molecular weight is 192 g/mol. The van der Waals surface area contributed by atoms with E-state index in [1.54, 1.807) is 37.5 Å². The Hall–Kier alpha value is -1.32. The third-order valence-electron chi connectivity index (χ3n) is 2.47. The Morgan fingerprint density at radius 3 is 2.86 bits per heavy atom. The summed E-state index contributed by atoms with van der Waals surface area (Å²) in [7, 11) is 1.55. The molecule has 2 rings (SSSR count). The number of hydrogen-bond donors (Lipinski definition) is 2. The van der Waals surface area contributed by atoms with Crippen LogP contribution in [-0.4, -0.2) is 23.4 Å². The number of benzene rings is 1. The maximum absolute atomic E-state index is 9.86. The minimum atomic E-state index is -0.702. The molecule has 2 unspecified atom stereocenters. The number of fused-ring (bicyclic) bond motifs is 1. The zero-order valence-electron chi connectivity index (χ0n) is 7.84. The molecule has 3 heteroatoms. The number of hydrogen-bond acceptors (Lipinski definition) is 3. The lowest BCUT2D eigenvalue weighted by atomic mass is 9.92. The first kappa shape index (κ1) is 9.24. The van der Waals surface area contributed by atoms with Crippen molar-refractivity contribution in [2.75, 3.05) is 7.11 Å². The minimum Gasteiger partial charge on any atom is -0.507 e. The number of phenolic OH excluding ortho intramolecular Hbond substituents is 1. The highest BCUT2D eigenvalue weighted by Gasteiger charge is 2.24. The number of rotatable bonds is 1. The molecule has 0 bridgehead atoms. The van der Waals surface area contributed by atoms with Gasteiger partial charge in [0.1, 0.15) is 18.0 Å². The summed E-state index contributed by atoms with van der Waals surface area (Å²) in [5.74, 6) is 0.187. The average Bonchev–Trinajstić information content (AvgIpc) is 2.20. The summed E-state index contributed by atoms with van der Waals surface area (Å²) in [5, 5.41) is 19.4. The van der Waals surface area contributed by atoms with E-state index >= 15 is 0 Å². The van der Waals surface area contributed by atoms with E-state index in [4.69, 9.17) is 4.74 Å². The highest BCUT2D eigenvalue weighted by atomic mass is 16.5. The number of ether oxygens (including phenoxy) is 1. The SMILES string of the molecule is COC1C=Cc2c(O)cccc2C1O. The lowest BCUT2D eigenvalue weighted by Crippen LogP contribution is -2.21. The van der Waals surface area contributed by atoms with Crippen molar-refractivity contribution < 1.29 is 14.9 Å². The van der Waals surface area contributed by atoms with Crippen LogP contribution in [-0.2, 0) is 4.74 Å². The van der Waals surface area contributed by atoms with Crippen molar-refractivity contribution in [1.29, 1.82) is 0 Å². The van der Waals surface area contributed by atoms with Gasteiger partial charge in [0.05, 0.1) is 0 Å². The Morgan fingerprint density at radius 1 is 1.36 bits per heavy atom. The van der Waals surface area contributed by atoms with Crippen LogP contribution in [0, 0.1) is 0 Å². The zero-order chi connectivity index (χ0) is 10.1. The third-order valence-corrected chi connectivity index (χ3v) is 2.47. The summed E-state index contributed by atoms with van der Waals surface area (Å²) in [6.45, 7) is 0. The van der Waals surface area contributed by atoms with Crippen LogP contribution in [0.1, 0.15) is 17.2 Å². The van der Waals surface area contributed by atoms with E-state index in [9.17, 15) is 10.2 Å². The quantitative estimate of drug-likeness (QED) is 0.708. The van der Waals surface area contributed by atoms with Crippen LogP contribution in [0.5, 0.6) is 5.75 Å². The van der Waals surface area contributed by atoms with Crippen molar-refractivity contribution in [3.8, 4) is 5.75 Å². The van der Waals surface area contributed by atoms with Crippen molar-refractivity contribution in [2.24, 2.45) is 0 Å². The van der Waals surface area contributed by atoms with Crippen molar-refractivity contribution in [1.82, 2.24) is 0 Å². The van der Waals surface area contributed by atoms with Crippen molar-refractivity contribution in [3.63, 3.8) is 0 Å². The van der Waals surface area contributed by atoms with Crippen LogP contribution in [0.2, 0.25) is 0 Å². The van der Waals surface area contributed by atoms with Gasteiger partial charge in [0.15, 0.2) is 0 Å². The monoisotopic (exact) mass is 192 g/mol. The lowest BCUT2D eigenvalue weighted by molar-refractivity contribution is 0.0148. The van der Waals surface area contributed by atoms with Crippen LogP contribution >= 0.6 is 0 Å². The van der Waals surface area contributed by atoms with Gasteiger partial charge in [-0.15, -0.1) is 0 Å². The smallest absolute Gasteiger partial charge is 0.123 e. The molecule has 3 nitrogen and oxygen atoms in total. The summed E-state index contributed by atoms with van der Waals surface area (Å²) in [5.41, 5.74) is 1.38. The van der Waals surface area contributed by atoms with Crippen LogP contribution < -0.4 is 0 Å². The Morgan fingerprint density at radius 2 is 2.14 bits per heavy atom. The fraction of sp³-hybridized carbons (Fsp3) is 0.273. The molecule has 0 aliphatic heterocycles. The van der Waals surface area contributed by atoms with Crippen molar-refractivity contribution in [3.05, 3.63) is 35.4 Å². The molecule has 1 aromatic carbocycles. The highest BCUT2D eigenvalue weighted by molar-refractivity contribution is 5.64. The molecule has 0 saturated heterocycles. The minimum absolute atomic E-state index is 0.187. The van der Waals surface area contributed by atoms with Gasteiger partial charge in [-0.1, -0.05) is 24.3 Å². The maximum Gasteiger partial charge on any atom is 0.123 e. The van der Waals surface area contributed by atoms with E-state index in [0.29, 0.717) is 11.1 Å². The van der Waals surface area contributed by atoms with E-state index in [1.165, 1.54) is 0 Å². The fourth-order valence-corrected chi connectivity index (χ4v) is 1.69. The van der Waals surface area contributed by atoms with Gasteiger partial charge in [-0.25, -0.2) is 0 Å². The van der Waals surface area contributed by atoms with E-state index in [-0.39, 0.29) is 11.9 Å². The van der Waals surface area contributed by atoms with Gasteiger partial charge in [-0.05, 0) is 11.6 Å². The highest BCUT2D eigenvalue weighted by Crippen LogP contribution is 2.34. The molecule has 0 amide bonds. The standard InChI is InChI=1S/C11H12O3/c1-14-10-6-5-7-8(11(10)13)3-2-4-9(7)12/h2-6,10-13H,1H3. The van der Waals surface area contributed by atoms with Gasteiger partial charge in [0.25, 0.3) is 0 Å². The predicted octanol–water partition coefficient (Wildman–Crippen LogP) is 1.47. The summed E-state index contributed by atoms with van der Waals surface area (Å²) >= 11 is 0. The summed E-state index contributed by atoms with van der Waals surface area (Å²) in [6.07, 6.45) is 2.48. The molecule has 1 aliphatic carbocycles. The molecule has 0 aromatic heterocycles. The third kappa shape index (κ3) is 1.31. The fourth-order valence-electron chi connectivity index (χ4n) is 1.69. The first-order valence-electron chi connectivity index (χ1n) is 4.45. The van der Waals surface area contributed by atoms with Gasteiger partial charge in [-0.2, -0.15) is 0 Å². The molecule has 2 atom stereocenters. The van der Waals surface area contributed by atoms with E-state index < -0.39 is 6.10 Å². The zero-order valence-corrected chi connectivity index (χ0v) is 7.84. The second-order valence-corrected chi connectivity index (χ2v) is 3.28. The molecule has 0 saturated carbocycles. The van der Waals surface area contributed by atoms with Crippen LogP contribution in [0.4, 0.5) is 0 Å². The summed E-state index contributed by atoms with van der Waals surface area (Å²) in [6, 6.07) is 5.10. The first-order chi connectivity index (χ1) is 6.74. The topological polar surface area (TPSA) is 49.7 Å². The van der Waals surface area contributed by atoms with E-state index in [2.05, 4.69) is 0 Å². The summed E-state index contributed by atoms with van der Waals surface area (Å²) < 4.78 is 5.08. The maximum atomic E-state index is 9.86. The predicted molar refractivity (Wildman–Crippen MR) is 52.9 cm³/mol. The Bertz CT molecular complexity index is 371. The van der Waals surface area contributed by atoms with Crippen LogP contribution in [0.15, 0.2) is 24.3 Å². The number of phenols is 1. The van der Waals surface area contributed by atoms with Gasteiger partial charge in [0, 0.05) is 12.7 Å². The molecule has 74 valence electrons. The van der Waals surface area contributed by atoms with Crippen LogP contribution in [0.25, 0.3) is 6.08 Å². The van der Waals surface area contributed by atoms with Gasteiger partial charge in [-0.3, -0.25) is 0 Å². The van der Waals surface area contributed by atoms with E-state index in [0.717, 1.165) is 0 Å². The molecule has 0 heterocycles.